The van der Waals surface area contributed by atoms with E-state index in [0.29, 0.717) is 0 Å². The van der Waals surface area contributed by atoms with Crippen LogP contribution in [0.5, 0.6) is 0 Å². The lowest BCUT2D eigenvalue weighted by Crippen LogP contribution is -2.00. The van der Waals surface area contributed by atoms with Crippen molar-refractivity contribution in [2.45, 2.75) is 0 Å². The molecule has 2 nitrogen and oxygen atoms in total. The normalized spacial score (nSPS) is 9.11. The number of anilines is 1. The molecule has 48 valence electrons. The lowest BCUT2D eigenvalue weighted by atomic mass is 10.5. The first-order valence-electron chi connectivity index (χ1n) is 2.61. The minimum atomic E-state index is 0.984. The Hall–Kier alpha value is -0.320. The zero-order valence-electron chi connectivity index (χ0n) is 5.08. The highest BCUT2D eigenvalue weighted by Crippen LogP contribution is 2.09. The van der Waals surface area contributed by atoms with Gasteiger partial charge in [-0.05, 0) is 12.1 Å². The van der Waals surface area contributed by atoms with Gasteiger partial charge in [0.1, 0.15) is 5.82 Å². The van der Waals surface area contributed by atoms with Crippen LogP contribution in [0.2, 0.25) is 0 Å². The minimum Gasteiger partial charge on any atom is -0.302 e. The summed E-state index contributed by atoms with van der Waals surface area (Å²) >= 11 is 2.18. The second kappa shape index (κ2) is 3.00. The zero-order chi connectivity index (χ0) is 6.69. The number of rotatable bonds is 1. The highest BCUT2D eigenvalue weighted by atomic mass is 127. The van der Waals surface area contributed by atoms with E-state index in [4.69, 9.17) is 0 Å². The zero-order valence-corrected chi connectivity index (χ0v) is 7.24. The quantitative estimate of drug-likeness (QED) is 0.544. The van der Waals surface area contributed by atoms with Crippen LogP contribution in [-0.4, -0.2) is 12.0 Å². The summed E-state index contributed by atoms with van der Waals surface area (Å²) in [6.45, 7) is 0. The second-order valence-electron chi connectivity index (χ2n) is 1.67. The van der Waals surface area contributed by atoms with Crippen molar-refractivity contribution in [2.24, 2.45) is 0 Å². The molecule has 0 fully saturated rings. The molecule has 1 aromatic rings. The van der Waals surface area contributed by atoms with Crippen molar-refractivity contribution in [2.75, 3.05) is 10.2 Å². The Kier molecular flexibility index (Phi) is 2.27. The number of pyridine rings is 1. The van der Waals surface area contributed by atoms with Gasteiger partial charge in [0.2, 0.25) is 0 Å². The summed E-state index contributed by atoms with van der Waals surface area (Å²) in [6, 6.07) is 5.84. The van der Waals surface area contributed by atoms with Gasteiger partial charge in [0.25, 0.3) is 0 Å². The van der Waals surface area contributed by atoms with Gasteiger partial charge in [-0.15, -0.1) is 0 Å². The molecule has 0 spiro atoms. The van der Waals surface area contributed by atoms with Crippen molar-refractivity contribution in [3.05, 3.63) is 24.4 Å². The third-order valence-electron chi connectivity index (χ3n) is 0.965. The Labute approximate surface area is 68.4 Å². The van der Waals surface area contributed by atoms with Gasteiger partial charge >= 0.3 is 0 Å². The van der Waals surface area contributed by atoms with Crippen molar-refractivity contribution < 1.29 is 0 Å². The Morgan fingerprint density at radius 3 is 2.67 bits per heavy atom. The molecular weight excluding hydrogens is 227 g/mol. The van der Waals surface area contributed by atoms with Crippen LogP contribution in [0, 0.1) is 0 Å². The summed E-state index contributed by atoms with van der Waals surface area (Å²) in [7, 11) is 1.96. The van der Waals surface area contributed by atoms with Gasteiger partial charge in [0.05, 0.1) is 22.9 Å². The maximum Gasteiger partial charge on any atom is 0.136 e. The minimum absolute atomic E-state index is 0.984. The number of halogens is 1. The second-order valence-corrected chi connectivity index (χ2v) is 3.11. The first-order chi connectivity index (χ1) is 4.30. The smallest absolute Gasteiger partial charge is 0.136 e. The van der Waals surface area contributed by atoms with Gasteiger partial charge in [-0.25, -0.2) is 4.98 Å². The fourth-order valence-corrected chi connectivity index (χ4v) is 0.821. The summed E-state index contributed by atoms with van der Waals surface area (Å²) in [6.07, 6.45) is 1.78. The molecule has 9 heavy (non-hydrogen) atoms. The molecule has 1 rings (SSSR count). The van der Waals surface area contributed by atoms with Crippen LogP contribution in [0.1, 0.15) is 0 Å². The predicted molar refractivity (Wildman–Crippen MR) is 46.7 cm³/mol. The first kappa shape index (κ1) is 6.80. The van der Waals surface area contributed by atoms with E-state index in [-0.39, 0.29) is 0 Å². The van der Waals surface area contributed by atoms with Gasteiger partial charge in [-0.1, -0.05) is 6.07 Å². The van der Waals surface area contributed by atoms with Crippen LogP contribution in [0.15, 0.2) is 24.4 Å². The van der Waals surface area contributed by atoms with Gasteiger partial charge < -0.3 is 3.11 Å². The van der Waals surface area contributed by atoms with Crippen LogP contribution in [0.4, 0.5) is 5.82 Å². The molecule has 0 amide bonds. The van der Waals surface area contributed by atoms with Crippen molar-refractivity contribution in [3.63, 3.8) is 0 Å². The van der Waals surface area contributed by atoms with Gasteiger partial charge in [0.15, 0.2) is 0 Å². The maximum atomic E-state index is 4.10. The van der Waals surface area contributed by atoms with Crippen LogP contribution in [0.3, 0.4) is 0 Å². The Bertz CT molecular complexity index is 174. The van der Waals surface area contributed by atoms with Crippen LogP contribution in [-0.2, 0) is 0 Å². The Morgan fingerprint density at radius 1 is 1.56 bits per heavy atom. The van der Waals surface area contributed by atoms with Crippen LogP contribution in [0.25, 0.3) is 0 Å². The molecule has 0 N–H and O–H groups in total. The lowest BCUT2D eigenvalue weighted by molar-refractivity contribution is 1.24. The van der Waals surface area contributed by atoms with E-state index >= 15 is 0 Å². The van der Waals surface area contributed by atoms with Crippen molar-refractivity contribution in [1.82, 2.24) is 4.98 Å². The summed E-state index contributed by atoms with van der Waals surface area (Å²) < 4.78 is 1.94. The molecule has 1 aromatic heterocycles. The van der Waals surface area contributed by atoms with Gasteiger partial charge in [-0.2, -0.15) is 0 Å². The van der Waals surface area contributed by atoms with Gasteiger partial charge in [-0.3, -0.25) is 0 Å². The summed E-state index contributed by atoms with van der Waals surface area (Å²) in [5, 5.41) is 0. The maximum absolute atomic E-state index is 4.10. The van der Waals surface area contributed by atoms with E-state index in [9.17, 15) is 0 Å². The first-order valence-corrected chi connectivity index (χ1v) is 3.58. The summed E-state index contributed by atoms with van der Waals surface area (Å²) in [5.41, 5.74) is 0. The van der Waals surface area contributed by atoms with Crippen molar-refractivity contribution in [3.8, 4) is 0 Å². The molecular formula is C6H7IN2. The highest BCUT2D eigenvalue weighted by Gasteiger charge is 1.91. The van der Waals surface area contributed by atoms with Crippen LogP contribution < -0.4 is 3.11 Å². The molecule has 0 aliphatic heterocycles. The molecule has 0 unspecified atom stereocenters. The monoisotopic (exact) mass is 234 g/mol. The number of nitrogens with zero attached hydrogens (tertiary/aromatic N) is 2. The molecule has 1 heterocycles. The molecule has 0 aliphatic carbocycles. The van der Waals surface area contributed by atoms with E-state index in [1.165, 1.54) is 0 Å². The Morgan fingerprint density at radius 2 is 2.33 bits per heavy atom. The van der Waals surface area contributed by atoms with E-state index in [0.717, 1.165) is 5.82 Å². The molecule has 0 saturated carbocycles. The molecule has 0 bridgehead atoms. The SMILES string of the molecule is CN(I)c1ccccn1. The largest absolute Gasteiger partial charge is 0.302 e. The summed E-state index contributed by atoms with van der Waals surface area (Å²) in [5.74, 6) is 0.984. The Balaban J connectivity index is 2.85. The average molecular weight is 234 g/mol. The fourth-order valence-electron chi connectivity index (χ4n) is 0.536. The molecule has 0 aliphatic rings. The molecule has 0 saturated heterocycles. The van der Waals surface area contributed by atoms with Crippen molar-refractivity contribution in [1.29, 1.82) is 0 Å². The average Bonchev–Trinajstić information content (AvgIpc) is 1.90. The van der Waals surface area contributed by atoms with Crippen LogP contribution >= 0.6 is 22.9 Å². The molecule has 3 heteroatoms. The van der Waals surface area contributed by atoms with E-state index < -0.39 is 0 Å². The van der Waals surface area contributed by atoms with E-state index in [1.807, 2.05) is 28.4 Å². The summed E-state index contributed by atoms with van der Waals surface area (Å²) in [4.78, 5) is 4.10. The predicted octanol–water partition coefficient (Wildman–Crippen LogP) is 1.87. The molecule has 0 aromatic carbocycles. The van der Waals surface area contributed by atoms with Gasteiger partial charge in [0, 0.05) is 13.2 Å². The fraction of sp³-hybridized carbons (Fsp3) is 0.167. The molecule has 0 radical (unpaired) electrons. The number of aromatic nitrogens is 1. The third kappa shape index (κ3) is 1.82. The van der Waals surface area contributed by atoms with E-state index in [2.05, 4.69) is 27.8 Å². The standard InChI is InChI=1S/C6H7IN2/c1-9(7)6-4-2-3-5-8-6/h2-5H,1H3. The topological polar surface area (TPSA) is 16.1 Å². The highest BCUT2D eigenvalue weighted by molar-refractivity contribution is 14.1. The lowest BCUT2D eigenvalue weighted by Gasteiger charge is -2.05. The number of hydrogen-bond donors (Lipinski definition) is 0. The molecule has 0 atom stereocenters. The van der Waals surface area contributed by atoms with E-state index in [1.54, 1.807) is 6.20 Å². The van der Waals surface area contributed by atoms with Crippen molar-refractivity contribution >= 4 is 28.7 Å². The third-order valence-corrected chi connectivity index (χ3v) is 1.46. The number of hydrogen-bond acceptors (Lipinski definition) is 2.